The van der Waals surface area contributed by atoms with Gasteiger partial charge in [0.25, 0.3) is 0 Å². The van der Waals surface area contributed by atoms with E-state index in [1.165, 1.54) is 29.2 Å². The van der Waals surface area contributed by atoms with Crippen LogP contribution < -0.4 is 10.6 Å². The first-order chi connectivity index (χ1) is 9.79. The van der Waals surface area contributed by atoms with Crippen LogP contribution in [0, 0.1) is 0 Å². The van der Waals surface area contributed by atoms with Crippen molar-refractivity contribution >= 4 is 53.0 Å². The summed E-state index contributed by atoms with van der Waals surface area (Å²) in [6, 6.07) is 4.88. The van der Waals surface area contributed by atoms with Crippen molar-refractivity contribution < 1.29 is 0 Å². The van der Waals surface area contributed by atoms with Crippen LogP contribution in [0.2, 0.25) is 0 Å². The van der Waals surface area contributed by atoms with Crippen LogP contribution in [0.15, 0.2) is 22.5 Å². The summed E-state index contributed by atoms with van der Waals surface area (Å²) < 4.78 is 0. The zero-order chi connectivity index (χ0) is 14.2. The van der Waals surface area contributed by atoms with Gasteiger partial charge in [-0.1, -0.05) is 13.0 Å². The van der Waals surface area contributed by atoms with Gasteiger partial charge in [-0.25, -0.2) is 0 Å². The van der Waals surface area contributed by atoms with Crippen LogP contribution in [0.5, 0.6) is 0 Å². The molecule has 1 aliphatic rings. The number of hydrogen-bond donors (Lipinski definition) is 2. The van der Waals surface area contributed by atoms with E-state index in [4.69, 9.17) is 4.99 Å². The van der Waals surface area contributed by atoms with E-state index in [1.54, 1.807) is 0 Å². The first-order valence-corrected chi connectivity index (χ1v) is 9.49. The van der Waals surface area contributed by atoms with Crippen LogP contribution in [0.25, 0.3) is 0 Å². The third-order valence-electron chi connectivity index (χ3n) is 3.40. The molecule has 1 saturated heterocycles. The highest BCUT2D eigenvalue weighted by Gasteiger charge is 2.15. The molecule has 1 aromatic rings. The van der Waals surface area contributed by atoms with Crippen molar-refractivity contribution in [3.05, 3.63) is 22.4 Å². The summed E-state index contributed by atoms with van der Waals surface area (Å²) in [7, 11) is 0. The summed E-state index contributed by atoms with van der Waals surface area (Å²) >= 11 is 3.86. The van der Waals surface area contributed by atoms with Gasteiger partial charge >= 0.3 is 0 Å². The molecule has 0 aromatic carbocycles. The highest BCUT2D eigenvalue weighted by Crippen LogP contribution is 2.21. The molecule has 3 nitrogen and oxygen atoms in total. The molecule has 0 amide bonds. The van der Waals surface area contributed by atoms with Gasteiger partial charge < -0.3 is 10.6 Å². The molecule has 1 aromatic heterocycles. The molecular formula is C15H26IN3S2. The fraction of sp³-hybridized carbons (Fsp3) is 0.667. The van der Waals surface area contributed by atoms with Crippen molar-refractivity contribution in [2.45, 2.75) is 38.6 Å². The summed E-state index contributed by atoms with van der Waals surface area (Å²) in [6.07, 6.45) is 2.57. The number of nitrogens with zero attached hydrogens (tertiary/aromatic N) is 1. The van der Waals surface area contributed by atoms with Crippen molar-refractivity contribution in [2.24, 2.45) is 4.99 Å². The summed E-state index contributed by atoms with van der Waals surface area (Å²) in [5.74, 6) is 3.97. The lowest BCUT2D eigenvalue weighted by Crippen LogP contribution is -2.45. The van der Waals surface area contributed by atoms with Crippen LogP contribution in [-0.2, 0) is 0 Å². The number of nitrogens with one attached hydrogen (secondary N) is 2. The Morgan fingerprint density at radius 2 is 2.38 bits per heavy atom. The lowest BCUT2D eigenvalue weighted by molar-refractivity contribution is 0.581. The van der Waals surface area contributed by atoms with E-state index in [1.807, 2.05) is 23.1 Å². The first-order valence-electron chi connectivity index (χ1n) is 7.45. The predicted molar refractivity (Wildman–Crippen MR) is 108 cm³/mol. The number of aliphatic imine (C=N–C) groups is 1. The maximum Gasteiger partial charge on any atom is 0.191 e. The zero-order valence-corrected chi connectivity index (χ0v) is 16.8. The molecule has 6 heteroatoms. The van der Waals surface area contributed by atoms with E-state index in [0.717, 1.165) is 19.0 Å². The molecule has 2 N–H and O–H groups in total. The molecule has 2 unspecified atom stereocenters. The SMILES string of the molecule is CCNC(=NCC(C)c1cccs1)NC1CCCSC1.I. The number of thioether (sulfide) groups is 1. The van der Waals surface area contributed by atoms with Gasteiger partial charge in [0.1, 0.15) is 0 Å². The number of thiophene rings is 1. The normalized spacial score (nSPS) is 20.5. The summed E-state index contributed by atoms with van der Waals surface area (Å²) in [6.45, 7) is 6.12. The summed E-state index contributed by atoms with van der Waals surface area (Å²) in [5.41, 5.74) is 0. The molecular weight excluding hydrogens is 413 g/mol. The van der Waals surface area contributed by atoms with E-state index in [-0.39, 0.29) is 24.0 Å². The van der Waals surface area contributed by atoms with E-state index < -0.39 is 0 Å². The molecule has 1 fully saturated rings. The van der Waals surface area contributed by atoms with Gasteiger partial charge in [0.2, 0.25) is 0 Å². The van der Waals surface area contributed by atoms with Gasteiger partial charge in [-0.15, -0.1) is 35.3 Å². The standard InChI is InChI=1S/C15H25N3S2.HI/c1-3-16-15(18-13-6-4-8-19-11-13)17-10-12(2)14-7-5-9-20-14;/h5,7,9,12-13H,3-4,6,8,10-11H2,1-2H3,(H2,16,17,18);1H. The molecule has 2 rings (SSSR count). The largest absolute Gasteiger partial charge is 0.357 e. The Kier molecular flexibility index (Phi) is 9.75. The minimum absolute atomic E-state index is 0. The Labute approximate surface area is 153 Å². The van der Waals surface area contributed by atoms with Gasteiger partial charge in [0.05, 0.1) is 6.54 Å². The highest BCUT2D eigenvalue weighted by molar-refractivity contribution is 14.0. The molecule has 21 heavy (non-hydrogen) atoms. The number of hydrogen-bond acceptors (Lipinski definition) is 3. The summed E-state index contributed by atoms with van der Waals surface area (Å²) in [5, 5.41) is 9.08. The average Bonchev–Trinajstić information content (AvgIpc) is 3.00. The Bertz CT molecular complexity index is 403. The van der Waals surface area contributed by atoms with Gasteiger partial charge in [-0.05, 0) is 37.0 Å². The molecule has 0 radical (unpaired) electrons. The Morgan fingerprint density at radius 1 is 1.52 bits per heavy atom. The van der Waals surface area contributed by atoms with Crippen molar-refractivity contribution in [3.63, 3.8) is 0 Å². The molecule has 2 atom stereocenters. The second-order valence-corrected chi connectivity index (χ2v) is 7.32. The number of halogens is 1. The van der Waals surface area contributed by atoms with Crippen LogP contribution in [-0.4, -0.2) is 36.6 Å². The quantitative estimate of drug-likeness (QED) is 0.415. The van der Waals surface area contributed by atoms with E-state index in [2.05, 4.69) is 42.0 Å². The minimum Gasteiger partial charge on any atom is -0.357 e. The second-order valence-electron chi connectivity index (χ2n) is 5.19. The molecule has 1 aliphatic heterocycles. The van der Waals surface area contributed by atoms with Gasteiger partial charge in [-0.2, -0.15) is 11.8 Å². The Hall–Kier alpha value is 0.0500. The topological polar surface area (TPSA) is 36.4 Å². The van der Waals surface area contributed by atoms with E-state index in [0.29, 0.717) is 12.0 Å². The van der Waals surface area contributed by atoms with Crippen LogP contribution in [0.3, 0.4) is 0 Å². The lowest BCUT2D eigenvalue weighted by atomic mass is 10.1. The van der Waals surface area contributed by atoms with Gasteiger partial charge in [0, 0.05) is 29.1 Å². The van der Waals surface area contributed by atoms with Crippen molar-refractivity contribution in [3.8, 4) is 0 Å². The molecule has 2 heterocycles. The molecule has 0 aliphatic carbocycles. The van der Waals surface area contributed by atoms with Crippen molar-refractivity contribution in [1.82, 2.24) is 10.6 Å². The van der Waals surface area contributed by atoms with Gasteiger partial charge in [0.15, 0.2) is 5.96 Å². The first kappa shape index (κ1) is 19.1. The molecule has 0 spiro atoms. The fourth-order valence-electron chi connectivity index (χ4n) is 2.26. The Morgan fingerprint density at radius 3 is 3.00 bits per heavy atom. The zero-order valence-electron chi connectivity index (χ0n) is 12.8. The maximum atomic E-state index is 4.76. The predicted octanol–water partition coefficient (Wildman–Crippen LogP) is 3.92. The number of rotatable bonds is 5. The van der Waals surface area contributed by atoms with E-state index >= 15 is 0 Å². The highest BCUT2D eigenvalue weighted by atomic mass is 127. The van der Waals surface area contributed by atoms with Crippen molar-refractivity contribution in [2.75, 3.05) is 24.6 Å². The lowest BCUT2D eigenvalue weighted by Gasteiger charge is -2.24. The average molecular weight is 439 g/mol. The van der Waals surface area contributed by atoms with Crippen LogP contribution in [0.4, 0.5) is 0 Å². The minimum atomic E-state index is 0. The summed E-state index contributed by atoms with van der Waals surface area (Å²) in [4.78, 5) is 6.17. The molecule has 0 saturated carbocycles. The second kappa shape index (κ2) is 10.7. The van der Waals surface area contributed by atoms with Crippen LogP contribution >= 0.6 is 47.1 Å². The smallest absolute Gasteiger partial charge is 0.191 e. The van der Waals surface area contributed by atoms with Crippen molar-refractivity contribution in [1.29, 1.82) is 0 Å². The Balaban J connectivity index is 0.00000220. The van der Waals surface area contributed by atoms with E-state index in [9.17, 15) is 0 Å². The molecule has 120 valence electrons. The van der Waals surface area contributed by atoms with Crippen LogP contribution in [0.1, 0.15) is 37.5 Å². The molecule has 0 bridgehead atoms. The fourth-order valence-corrected chi connectivity index (χ4v) is 4.11. The maximum absolute atomic E-state index is 4.76. The number of guanidine groups is 1. The monoisotopic (exact) mass is 439 g/mol. The van der Waals surface area contributed by atoms with Gasteiger partial charge in [-0.3, -0.25) is 4.99 Å². The third-order valence-corrected chi connectivity index (χ3v) is 5.72. The third kappa shape index (κ3) is 6.78.